The van der Waals surface area contributed by atoms with Gasteiger partial charge in [-0.1, -0.05) is 40.0 Å². The van der Waals surface area contributed by atoms with Crippen LogP contribution >= 0.6 is 0 Å². The van der Waals surface area contributed by atoms with Crippen molar-refractivity contribution >= 4 is 0 Å². The quantitative estimate of drug-likeness (QED) is 0.668. The lowest BCUT2D eigenvalue weighted by Gasteiger charge is -2.38. The Morgan fingerprint density at radius 2 is 1.95 bits per heavy atom. The minimum atomic E-state index is 0.447. The molecule has 0 saturated carbocycles. The summed E-state index contributed by atoms with van der Waals surface area (Å²) in [5.41, 5.74) is 0.447. The average molecular weight is 268 g/mol. The van der Waals surface area contributed by atoms with Gasteiger partial charge in [0.05, 0.1) is 0 Å². The molecule has 0 aromatic carbocycles. The molecule has 114 valence electrons. The molecule has 2 unspecified atom stereocenters. The monoisotopic (exact) mass is 268 g/mol. The Labute approximate surface area is 121 Å². The van der Waals surface area contributed by atoms with Crippen LogP contribution in [0.4, 0.5) is 0 Å². The second kappa shape index (κ2) is 8.97. The first kappa shape index (κ1) is 17.0. The van der Waals surface area contributed by atoms with Gasteiger partial charge in [0, 0.05) is 19.1 Å². The Morgan fingerprint density at radius 3 is 2.63 bits per heavy atom. The van der Waals surface area contributed by atoms with Crippen LogP contribution in [-0.4, -0.2) is 37.1 Å². The average Bonchev–Trinajstić information content (AvgIpc) is 2.56. The first-order chi connectivity index (χ1) is 9.11. The predicted molar refractivity (Wildman–Crippen MR) is 85.7 cm³/mol. The maximum Gasteiger partial charge on any atom is 0.00671 e. The van der Waals surface area contributed by atoms with Crippen molar-refractivity contribution in [3.05, 3.63) is 0 Å². The molecular formula is C17H36N2. The first-order valence-electron chi connectivity index (χ1n) is 8.56. The number of hydrogen-bond acceptors (Lipinski definition) is 2. The van der Waals surface area contributed by atoms with Gasteiger partial charge in [-0.2, -0.15) is 0 Å². The normalized spacial score (nSPS) is 24.9. The summed E-state index contributed by atoms with van der Waals surface area (Å²) in [6, 6.07) is 0.782. The van der Waals surface area contributed by atoms with Crippen molar-refractivity contribution in [1.29, 1.82) is 0 Å². The molecule has 1 aliphatic rings. The van der Waals surface area contributed by atoms with Crippen molar-refractivity contribution in [2.75, 3.05) is 26.2 Å². The zero-order chi connectivity index (χ0) is 14.1. The predicted octanol–water partition coefficient (Wildman–Crippen LogP) is 4.06. The minimum Gasteiger partial charge on any atom is -0.316 e. The molecule has 2 atom stereocenters. The molecule has 1 aliphatic heterocycles. The molecule has 0 aliphatic carbocycles. The van der Waals surface area contributed by atoms with E-state index in [1.165, 1.54) is 64.6 Å². The number of nitrogens with zero attached hydrogens (tertiary/aromatic N) is 1. The van der Waals surface area contributed by atoms with E-state index in [0.29, 0.717) is 5.41 Å². The fraction of sp³-hybridized carbons (Fsp3) is 1.00. The zero-order valence-corrected chi connectivity index (χ0v) is 13.8. The smallest absolute Gasteiger partial charge is 0.00671 e. The maximum absolute atomic E-state index is 3.65. The van der Waals surface area contributed by atoms with Crippen LogP contribution in [0.3, 0.4) is 0 Å². The van der Waals surface area contributed by atoms with E-state index in [2.05, 4.69) is 37.9 Å². The van der Waals surface area contributed by atoms with Crippen molar-refractivity contribution in [2.24, 2.45) is 5.41 Å². The number of hydrogen-bond donors (Lipinski definition) is 1. The molecule has 0 radical (unpaired) electrons. The summed E-state index contributed by atoms with van der Waals surface area (Å²) in [6.07, 6.45) is 9.52. The van der Waals surface area contributed by atoms with Gasteiger partial charge in [-0.25, -0.2) is 0 Å². The lowest BCUT2D eigenvalue weighted by molar-refractivity contribution is 0.118. The lowest BCUT2D eigenvalue weighted by Crippen LogP contribution is -2.45. The van der Waals surface area contributed by atoms with Crippen molar-refractivity contribution in [1.82, 2.24) is 10.2 Å². The Bertz CT molecular complexity index is 229. The van der Waals surface area contributed by atoms with Crippen molar-refractivity contribution in [2.45, 2.75) is 78.7 Å². The molecule has 0 aromatic rings. The Balaban J connectivity index is 2.53. The highest BCUT2D eigenvalue weighted by Gasteiger charge is 2.28. The van der Waals surface area contributed by atoms with E-state index in [-0.39, 0.29) is 0 Å². The zero-order valence-electron chi connectivity index (χ0n) is 13.8. The van der Waals surface area contributed by atoms with Gasteiger partial charge in [-0.3, -0.25) is 0 Å². The van der Waals surface area contributed by atoms with Crippen LogP contribution in [0.2, 0.25) is 0 Å². The first-order valence-corrected chi connectivity index (χ1v) is 8.56. The molecule has 2 nitrogen and oxygen atoms in total. The third kappa shape index (κ3) is 6.27. The van der Waals surface area contributed by atoms with Gasteiger partial charge in [-0.15, -0.1) is 0 Å². The highest BCUT2D eigenvalue weighted by molar-refractivity contribution is 4.83. The molecule has 1 rings (SSSR count). The molecule has 0 bridgehead atoms. The molecule has 1 fully saturated rings. The van der Waals surface area contributed by atoms with Gasteiger partial charge in [0.25, 0.3) is 0 Å². The molecule has 0 aromatic heterocycles. The van der Waals surface area contributed by atoms with E-state index >= 15 is 0 Å². The van der Waals surface area contributed by atoms with Crippen LogP contribution in [0.15, 0.2) is 0 Å². The van der Waals surface area contributed by atoms with Gasteiger partial charge in [-0.05, 0) is 51.1 Å². The molecule has 2 heteroatoms. The van der Waals surface area contributed by atoms with Gasteiger partial charge in [0.1, 0.15) is 0 Å². The van der Waals surface area contributed by atoms with Crippen molar-refractivity contribution in [3.8, 4) is 0 Å². The van der Waals surface area contributed by atoms with Gasteiger partial charge >= 0.3 is 0 Å². The molecule has 1 heterocycles. The summed E-state index contributed by atoms with van der Waals surface area (Å²) in [6.45, 7) is 14.4. The summed E-state index contributed by atoms with van der Waals surface area (Å²) >= 11 is 0. The Hall–Kier alpha value is -0.0800. The topological polar surface area (TPSA) is 15.3 Å². The van der Waals surface area contributed by atoms with E-state index < -0.39 is 0 Å². The van der Waals surface area contributed by atoms with E-state index in [0.717, 1.165) is 12.6 Å². The van der Waals surface area contributed by atoms with Crippen LogP contribution < -0.4 is 5.32 Å². The van der Waals surface area contributed by atoms with E-state index in [4.69, 9.17) is 0 Å². The number of nitrogens with one attached hydrogen (secondary N) is 1. The van der Waals surface area contributed by atoms with Crippen LogP contribution in [0.1, 0.15) is 72.6 Å². The summed E-state index contributed by atoms with van der Waals surface area (Å²) < 4.78 is 0. The molecule has 1 saturated heterocycles. The maximum atomic E-state index is 3.65. The van der Waals surface area contributed by atoms with Crippen molar-refractivity contribution in [3.63, 3.8) is 0 Å². The summed E-state index contributed by atoms with van der Waals surface area (Å²) in [7, 11) is 0. The third-order valence-corrected chi connectivity index (χ3v) is 4.61. The molecule has 0 spiro atoms. The van der Waals surface area contributed by atoms with Gasteiger partial charge in [0.2, 0.25) is 0 Å². The molecular weight excluding hydrogens is 232 g/mol. The number of likely N-dealkylation sites (tertiary alicyclic amines) is 1. The fourth-order valence-corrected chi connectivity index (χ4v) is 3.45. The highest BCUT2D eigenvalue weighted by Crippen LogP contribution is 2.27. The highest BCUT2D eigenvalue weighted by atomic mass is 15.2. The Morgan fingerprint density at radius 1 is 1.16 bits per heavy atom. The van der Waals surface area contributed by atoms with Crippen LogP contribution in [0, 0.1) is 5.41 Å². The van der Waals surface area contributed by atoms with Crippen LogP contribution in [-0.2, 0) is 0 Å². The van der Waals surface area contributed by atoms with Crippen LogP contribution in [0.25, 0.3) is 0 Å². The largest absolute Gasteiger partial charge is 0.316 e. The molecule has 19 heavy (non-hydrogen) atoms. The van der Waals surface area contributed by atoms with E-state index in [9.17, 15) is 0 Å². The molecule has 1 N–H and O–H groups in total. The summed E-state index contributed by atoms with van der Waals surface area (Å²) in [5.74, 6) is 0. The summed E-state index contributed by atoms with van der Waals surface area (Å²) in [4.78, 5) is 2.76. The summed E-state index contributed by atoms with van der Waals surface area (Å²) in [5, 5.41) is 3.65. The fourth-order valence-electron chi connectivity index (χ4n) is 3.45. The Kier molecular flexibility index (Phi) is 8.01. The molecule has 0 amide bonds. The lowest BCUT2D eigenvalue weighted by atomic mass is 9.84. The van der Waals surface area contributed by atoms with Crippen LogP contribution in [0.5, 0.6) is 0 Å². The third-order valence-electron chi connectivity index (χ3n) is 4.61. The van der Waals surface area contributed by atoms with Gasteiger partial charge in [0.15, 0.2) is 0 Å². The van der Waals surface area contributed by atoms with Gasteiger partial charge < -0.3 is 10.2 Å². The second-order valence-corrected chi connectivity index (χ2v) is 6.91. The minimum absolute atomic E-state index is 0.447. The standard InChI is InChI=1S/C17H36N2/c1-5-11-17(4,14-18-12-6-2)15-19-13-9-7-8-10-16(19)3/h16,18H,5-15H2,1-4H3. The number of rotatable bonds is 8. The SMILES string of the molecule is CCCNCC(C)(CCC)CN1CCCCCC1C. The van der Waals surface area contributed by atoms with E-state index in [1.807, 2.05) is 0 Å². The van der Waals surface area contributed by atoms with Crippen molar-refractivity contribution < 1.29 is 0 Å². The second-order valence-electron chi connectivity index (χ2n) is 6.91. The van der Waals surface area contributed by atoms with E-state index in [1.54, 1.807) is 0 Å².